The summed E-state index contributed by atoms with van der Waals surface area (Å²) in [5.41, 5.74) is 1.38. The highest BCUT2D eigenvalue weighted by Gasteiger charge is 2.41. The molecule has 4 nitrogen and oxygen atoms in total. The van der Waals surface area contributed by atoms with E-state index in [1.807, 2.05) is 0 Å². The molecule has 3 fully saturated rings. The molecule has 1 aromatic carbocycles. The zero-order valence-corrected chi connectivity index (χ0v) is 15.1. The first-order valence-electron chi connectivity index (χ1n) is 9.99. The normalized spacial score (nSPS) is 28.6. The number of hydrogen-bond donors (Lipinski definition) is 0. The van der Waals surface area contributed by atoms with Crippen LogP contribution in [0.3, 0.4) is 0 Å². The molecule has 3 saturated heterocycles. The molecule has 0 spiro atoms. The second-order valence-electron chi connectivity index (χ2n) is 7.79. The molecule has 0 aromatic heterocycles. The summed E-state index contributed by atoms with van der Waals surface area (Å²) in [7, 11) is 0. The van der Waals surface area contributed by atoms with Gasteiger partial charge in [-0.1, -0.05) is 30.3 Å². The molecule has 0 saturated carbocycles. The van der Waals surface area contributed by atoms with Gasteiger partial charge in [0.25, 0.3) is 0 Å². The van der Waals surface area contributed by atoms with Crippen molar-refractivity contribution in [3.63, 3.8) is 0 Å². The number of rotatable bonds is 4. The SMILES string of the molecule is O=C(C1CCOCC1)N1CCC[C@@H]1[C@@H]1CCCN1Cc1ccccc1. The topological polar surface area (TPSA) is 32.8 Å². The molecule has 3 heterocycles. The zero-order chi connectivity index (χ0) is 17.1. The molecular formula is C21H30N2O2. The lowest BCUT2D eigenvalue weighted by Crippen LogP contribution is -2.50. The molecule has 3 aliphatic heterocycles. The van der Waals surface area contributed by atoms with E-state index >= 15 is 0 Å². The van der Waals surface area contributed by atoms with E-state index in [0.29, 0.717) is 18.0 Å². The van der Waals surface area contributed by atoms with Gasteiger partial charge in [0.1, 0.15) is 0 Å². The maximum Gasteiger partial charge on any atom is 0.226 e. The number of nitrogens with zero attached hydrogens (tertiary/aromatic N) is 2. The molecular weight excluding hydrogens is 312 g/mol. The van der Waals surface area contributed by atoms with Crippen molar-refractivity contribution in [3.05, 3.63) is 35.9 Å². The predicted molar refractivity (Wildman–Crippen MR) is 98.2 cm³/mol. The number of likely N-dealkylation sites (tertiary alicyclic amines) is 2. The monoisotopic (exact) mass is 342 g/mol. The van der Waals surface area contributed by atoms with Crippen molar-refractivity contribution in [3.8, 4) is 0 Å². The molecule has 1 amide bonds. The second-order valence-corrected chi connectivity index (χ2v) is 7.79. The van der Waals surface area contributed by atoms with Crippen molar-refractivity contribution in [1.82, 2.24) is 9.80 Å². The van der Waals surface area contributed by atoms with Gasteiger partial charge in [0.05, 0.1) is 0 Å². The molecule has 0 N–H and O–H groups in total. The van der Waals surface area contributed by atoms with Crippen molar-refractivity contribution in [2.45, 2.75) is 57.2 Å². The van der Waals surface area contributed by atoms with Gasteiger partial charge in [-0.3, -0.25) is 9.69 Å². The Kier molecular flexibility index (Phi) is 5.37. The summed E-state index contributed by atoms with van der Waals surface area (Å²) in [4.78, 5) is 17.9. The van der Waals surface area contributed by atoms with Gasteiger partial charge in [-0.25, -0.2) is 0 Å². The Hall–Kier alpha value is -1.39. The van der Waals surface area contributed by atoms with Gasteiger partial charge in [0.2, 0.25) is 5.91 Å². The standard InChI is InChI=1S/C21H30N2O2/c24-21(18-10-14-25-15-11-18)23-13-5-9-20(23)19-8-4-12-22(19)16-17-6-2-1-3-7-17/h1-3,6-7,18-20H,4-5,8-16H2/t19-,20+/m0/s1. The third-order valence-corrected chi connectivity index (χ3v) is 6.24. The Labute approximate surface area is 151 Å². The summed E-state index contributed by atoms with van der Waals surface area (Å²) in [6.07, 6.45) is 6.63. The lowest BCUT2D eigenvalue weighted by Gasteiger charge is -2.37. The fraction of sp³-hybridized carbons (Fsp3) is 0.667. The summed E-state index contributed by atoms with van der Waals surface area (Å²) in [5.74, 6) is 0.593. The first kappa shape index (κ1) is 17.0. The lowest BCUT2D eigenvalue weighted by molar-refractivity contribution is -0.140. The fourth-order valence-corrected chi connectivity index (χ4v) is 4.95. The van der Waals surface area contributed by atoms with E-state index in [1.165, 1.54) is 24.8 Å². The van der Waals surface area contributed by atoms with Crippen LogP contribution < -0.4 is 0 Å². The minimum absolute atomic E-state index is 0.193. The largest absolute Gasteiger partial charge is 0.381 e. The van der Waals surface area contributed by atoms with Gasteiger partial charge in [-0.2, -0.15) is 0 Å². The number of ether oxygens (including phenoxy) is 1. The van der Waals surface area contributed by atoms with Crippen LogP contribution in [0.2, 0.25) is 0 Å². The average Bonchev–Trinajstić information content (AvgIpc) is 3.31. The molecule has 25 heavy (non-hydrogen) atoms. The summed E-state index contributed by atoms with van der Waals surface area (Å²) >= 11 is 0. The van der Waals surface area contributed by atoms with Crippen LogP contribution in [-0.4, -0.2) is 54.1 Å². The van der Waals surface area contributed by atoms with Gasteiger partial charge in [-0.05, 0) is 50.6 Å². The highest BCUT2D eigenvalue weighted by Crippen LogP contribution is 2.33. The number of hydrogen-bond acceptors (Lipinski definition) is 3. The zero-order valence-electron chi connectivity index (χ0n) is 15.1. The highest BCUT2D eigenvalue weighted by atomic mass is 16.5. The molecule has 0 unspecified atom stereocenters. The quantitative estimate of drug-likeness (QED) is 0.843. The van der Waals surface area contributed by atoms with Gasteiger partial charge in [0.15, 0.2) is 0 Å². The van der Waals surface area contributed by atoms with Crippen LogP contribution in [0.15, 0.2) is 30.3 Å². The fourth-order valence-electron chi connectivity index (χ4n) is 4.95. The van der Waals surface area contributed by atoms with Crippen molar-refractivity contribution < 1.29 is 9.53 Å². The first-order chi connectivity index (χ1) is 12.3. The molecule has 4 heteroatoms. The third kappa shape index (κ3) is 3.75. The first-order valence-corrected chi connectivity index (χ1v) is 9.99. The van der Waals surface area contributed by atoms with Crippen LogP contribution in [-0.2, 0) is 16.1 Å². The van der Waals surface area contributed by atoms with E-state index in [-0.39, 0.29) is 5.92 Å². The van der Waals surface area contributed by atoms with Crippen LogP contribution in [0.1, 0.15) is 44.1 Å². The van der Waals surface area contributed by atoms with E-state index in [9.17, 15) is 4.79 Å². The van der Waals surface area contributed by atoms with E-state index in [4.69, 9.17) is 4.74 Å². The van der Waals surface area contributed by atoms with E-state index in [1.54, 1.807) is 0 Å². The molecule has 0 bridgehead atoms. The van der Waals surface area contributed by atoms with Gasteiger partial charge >= 0.3 is 0 Å². The minimum atomic E-state index is 0.193. The van der Waals surface area contributed by atoms with Crippen LogP contribution in [0, 0.1) is 5.92 Å². The molecule has 0 radical (unpaired) electrons. The van der Waals surface area contributed by atoms with Crippen LogP contribution in [0.25, 0.3) is 0 Å². The molecule has 3 aliphatic rings. The van der Waals surface area contributed by atoms with Crippen molar-refractivity contribution in [1.29, 1.82) is 0 Å². The van der Waals surface area contributed by atoms with Crippen LogP contribution in [0.5, 0.6) is 0 Å². The van der Waals surface area contributed by atoms with Gasteiger partial charge in [-0.15, -0.1) is 0 Å². The third-order valence-electron chi connectivity index (χ3n) is 6.24. The Morgan fingerprint density at radius 3 is 2.48 bits per heavy atom. The molecule has 136 valence electrons. The predicted octanol–water partition coefficient (Wildman–Crippen LogP) is 3.07. The maximum atomic E-state index is 13.1. The average molecular weight is 342 g/mol. The Morgan fingerprint density at radius 1 is 0.960 bits per heavy atom. The number of benzene rings is 1. The maximum absolute atomic E-state index is 13.1. The number of carbonyl (C=O) groups excluding carboxylic acids is 1. The van der Waals surface area contributed by atoms with E-state index in [0.717, 1.165) is 52.1 Å². The van der Waals surface area contributed by atoms with Crippen molar-refractivity contribution in [2.75, 3.05) is 26.3 Å². The Balaban J connectivity index is 1.44. The molecule has 4 rings (SSSR count). The summed E-state index contributed by atoms with van der Waals surface area (Å²) < 4.78 is 5.44. The number of amides is 1. The van der Waals surface area contributed by atoms with E-state index in [2.05, 4.69) is 40.1 Å². The lowest BCUT2D eigenvalue weighted by atomic mass is 9.96. The molecule has 0 aliphatic carbocycles. The van der Waals surface area contributed by atoms with Crippen molar-refractivity contribution >= 4 is 5.91 Å². The minimum Gasteiger partial charge on any atom is -0.381 e. The smallest absolute Gasteiger partial charge is 0.226 e. The molecule has 2 atom stereocenters. The number of carbonyl (C=O) groups is 1. The van der Waals surface area contributed by atoms with Gasteiger partial charge in [0, 0.05) is 44.3 Å². The summed E-state index contributed by atoms with van der Waals surface area (Å²) in [6, 6.07) is 11.7. The summed E-state index contributed by atoms with van der Waals surface area (Å²) in [5, 5.41) is 0. The second kappa shape index (κ2) is 7.88. The van der Waals surface area contributed by atoms with Crippen LogP contribution in [0.4, 0.5) is 0 Å². The Morgan fingerprint density at radius 2 is 1.68 bits per heavy atom. The molecule has 1 aromatic rings. The van der Waals surface area contributed by atoms with Crippen molar-refractivity contribution in [2.24, 2.45) is 5.92 Å². The highest BCUT2D eigenvalue weighted by molar-refractivity contribution is 5.79. The van der Waals surface area contributed by atoms with Gasteiger partial charge < -0.3 is 9.64 Å². The van der Waals surface area contributed by atoms with Crippen LogP contribution >= 0.6 is 0 Å². The summed E-state index contributed by atoms with van der Waals surface area (Å²) in [6.45, 7) is 4.63. The van der Waals surface area contributed by atoms with E-state index < -0.39 is 0 Å². The Bertz CT molecular complexity index is 571.